The maximum atomic E-state index is 10.5. The summed E-state index contributed by atoms with van der Waals surface area (Å²) in [6.45, 7) is 4.01. The quantitative estimate of drug-likeness (QED) is 0.481. The maximum Gasteiger partial charge on any atom is 0.419 e. The topological polar surface area (TPSA) is 57.0 Å². The Bertz CT molecular complexity index is 278. The van der Waals surface area contributed by atoms with Crippen molar-refractivity contribution in [2.75, 3.05) is 0 Å². The number of aromatic carboxylic acids is 1. The van der Waals surface area contributed by atoms with Crippen molar-refractivity contribution in [2.24, 2.45) is 0 Å². The van der Waals surface area contributed by atoms with E-state index >= 15 is 0 Å². The van der Waals surface area contributed by atoms with Crippen molar-refractivity contribution in [1.29, 1.82) is 0 Å². The van der Waals surface area contributed by atoms with E-state index in [-0.39, 0.29) is 5.82 Å². The first-order valence-corrected chi connectivity index (χ1v) is 3.16. The second-order valence-corrected chi connectivity index (χ2v) is 2.05. The van der Waals surface area contributed by atoms with Crippen molar-refractivity contribution in [1.82, 2.24) is 4.98 Å². The van der Waals surface area contributed by atoms with Crippen LogP contribution in [0, 0.1) is 0 Å². The second kappa shape index (κ2) is 3.01. The van der Waals surface area contributed by atoms with Crippen LogP contribution in [0.1, 0.15) is 10.6 Å². The van der Waals surface area contributed by atoms with Gasteiger partial charge in [-0.3, -0.25) is 0 Å². The Labute approximate surface area is 63.8 Å². The number of nitrogens with one attached hydrogen (secondary N) is 1. The molecule has 0 spiro atoms. The molecule has 2 N–H and O–H groups in total. The highest BCUT2D eigenvalue weighted by Gasteiger charge is 2.16. The molecule has 0 amide bonds. The number of aromatic nitrogens is 2. The molecule has 0 aliphatic heterocycles. The molecule has 0 aliphatic rings. The van der Waals surface area contributed by atoms with Gasteiger partial charge in [0.05, 0.1) is 0 Å². The van der Waals surface area contributed by atoms with E-state index in [0.717, 1.165) is 0 Å². The highest BCUT2D eigenvalue weighted by atomic mass is 16.4. The molecular formula is C7H9N2O2+. The molecule has 4 nitrogen and oxygen atoms in total. The number of H-pyrrole nitrogens is 1. The fourth-order valence-electron chi connectivity index (χ4n) is 0.839. The van der Waals surface area contributed by atoms with Crippen LogP contribution in [0.3, 0.4) is 0 Å². The van der Waals surface area contributed by atoms with Crippen LogP contribution in [0.25, 0.3) is 0 Å². The van der Waals surface area contributed by atoms with Crippen molar-refractivity contribution in [2.45, 2.75) is 6.54 Å². The summed E-state index contributed by atoms with van der Waals surface area (Å²) in [5, 5.41) is 8.59. The van der Waals surface area contributed by atoms with Gasteiger partial charge >= 0.3 is 11.8 Å². The SMILES string of the molecule is C=CC[n+]1cc[nH]c1C(=O)O. The van der Waals surface area contributed by atoms with Crippen molar-refractivity contribution < 1.29 is 14.5 Å². The lowest BCUT2D eigenvalue weighted by atomic mass is 10.5. The molecule has 0 aliphatic carbocycles. The van der Waals surface area contributed by atoms with Gasteiger partial charge in [0.2, 0.25) is 0 Å². The molecule has 0 saturated carbocycles. The number of carboxylic acids is 1. The van der Waals surface area contributed by atoms with Crippen LogP contribution in [0.5, 0.6) is 0 Å². The largest absolute Gasteiger partial charge is 0.472 e. The molecule has 0 saturated heterocycles. The first-order valence-electron chi connectivity index (χ1n) is 3.16. The third-order valence-electron chi connectivity index (χ3n) is 1.29. The molecule has 0 atom stereocenters. The van der Waals surface area contributed by atoms with Gasteiger partial charge in [-0.2, -0.15) is 0 Å². The predicted molar refractivity (Wildman–Crippen MR) is 38.1 cm³/mol. The van der Waals surface area contributed by atoms with E-state index in [4.69, 9.17) is 5.11 Å². The number of rotatable bonds is 3. The van der Waals surface area contributed by atoms with Gasteiger partial charge < -0.3 is 5.11 Å². The summed E-state index contributed by atoms with van der Waals surface area (Å²) < 4.78 is 1.56. The van der Waals surface area contributed by atoms with Crippen molar-refractivity contribution >= 4 is 5.97 Å². The lowest BCUT2D eigenvalue weighted by molar-refractivity contribution is -0.688. The van der Waals surface area contributed by atoms with Crippen LogP contribution >= 0.6 is 0 Å². The lowest BCUT2D eigenvalue weighted by Crippen LogP contribution is -2.37. The Kier molecular flexibility index (Phi) is 2.06. The number of nitrogens with zero attached hydrogens (tertiary/aromatic N) is 1. The minimum atomic E-state index is -0.961. The maximum absolute atomic E-state index is 10.5. The van der Waals surface area contributed by atoms with E-state index in [1.54, 1.807) is 23.0 Å². The van der Waals surface area contributed by atoms with Gasteiger partial charge in [-0.05, 0) is 0 Å². The molecule has 1 heterocycles. The van der Waals surface area contributed by atoms with Crippen molar-refractivity contribution in [3.63, 3.8) is 0 Å². The summed E-state index contributed by atoms with van der Waals surface area (Å²) in [6, 6.07) is 0. The zero-order chi connectivity index (χ0) is 8.27. The van der Waals surface area contributed by atoms with E-state index in [1.807, 2.05) is 0 Å². The third kappa shape index (κ3) is 1.46. The van der Waals surface area contributed by atoms with Crippen LogP contribution in [0.4, 0.5) is 0 Å². The van der Waals surface area contributed by atoms with E-state index in [2.05, 4.69) is 11.6 Å². The molecule has 1 aromatic heterocycles. The van der Waals surface area contributed by atoms with Crippen molar-refractivity contribution in [3.05, 3.63) is 30.9 Å². The number of imidazole rings is 1. The van der Waals surface area contributed by atoms with E-state index < -0.39 is 5.97 Å². The fraction of sp³-hybridized carbons (Fsp3) is 0.143. The minimum absolute atomic E-state index is 0.171. The molecular weight excluding hydrogens is 144 g/mol. The van der Waals surface area contributed by atoms with Crippen LogP contribution in [-0.4, -0.2) is 16.1 Å². The predicted octanol–water partition coefficient (Wildman–Crippen LogP) is 0.186. The van der Waals surface area contributed by atoms with Gasteiger partial charge in [0, 0.05) is 0 Å². The van der Waals surface area contributed by atoms with Crippen LogP contribution < -0.4 is 4.57 Å². The monoisotopic (exact) mass is 153 g/mol. The fourth-order valence-corrected chi connectivity index (χ4v) is 0.839. The molecule has 0 aromatic carbocycles. The van der Waals surface area contributed by atoms with Crippen LogP contribution in [-0.2, 0) is 6.54 Å². The number of allylic oxidation sites excluding steroid dienone is 1. The highest BCUT2D eigenvalue weighted by molar-refractivity contribution is 5.81. The van der Waals surface area contributed by atoms with Gasteiger partial charge in [-0.1, -0.05) is 12.7 Å². The second-order valence-electron chi connectivity index (χ2n) is 2.05. The minimum Gasteiger partial charge on any atom is -0.472 e. The molecule has 4 heteroatoms. The summed E-state index contributed by atoms with van der Waals surface area (Å²) in [5.41, 5.74) is 0. The molecule has 1 aromatic rings. The number of hydrogen-bond donors (Lipinski definition) is 2. The number of carboxylic acid groups (broad SMARTS) is 1. The average Bonchev–Trinajstić information content (AvgIpc) is 2.36. The smallest absolute Gasteiger partial charge is 0.419 e. The average molecular weight is 153 g/mol. The standard InChI is InChI=1S/C7H8N2O2/c1-2-4-9-5-3-8-6(9)7(10)11/h2-3,5H,1,4H2,(H,10,11)/p+1. The number of carbonyl (C=O) groups is 1. The first-order chi connectivity index (χ1) is 5.25. The van der Waals surface area contributed by atoms with Gasteiger partial charge in [-0.25, -0.2) is 14.3 Å². The van der Waals surface area contributed by atoms with Gasteiger partial charge in [0.1, 0.15) is 18.9 Å². The highest BCUT2D eigenvalue weighted by Crippen LogP contribution is 1.85. The van der Waals surface area contributed by atoms with Crippen molar-refractivity contribution in [3.8, 4) is 0 Å². The first kappa shape index (κ1) is 7.53. The van der Waals surface area contributed by atoms with Crippen LogP contribution in [0.15, 0.2) is 25.0 Å². The zero-order valence-electron chi connectivity index (χ0n) is 5.95. The zero-order valence-corrected chi connectivity index (χ0v) is 5.95. The molecule has 0 fully saturated rings. The van der Waals surface area contributed by atoms with Gasteiger partial charge in [0.15, 0.2) is 0 Å². The third-order valence-corrected chi connectivity index (χ3v) is 1.29. The molecule has 0 bridgehead atoms. The summed E-state index contributed by atoms with van der Waals surface area (Å²) >= 11 is 0. The molecule has 1 rings (SSSR count). The summed E-state index contributed by atoms with van der Waals surface area (Å²) in [5.74, 6) is -0.790. The summed E-state index contributed by atoms with van der Waals surface area (Å²) in [4.78, 5) is 13.1. The Morgan fingerprint density at radius 2 is 2.64 bits per heavy atom. The Morgan fingerprint density at radius 3 is 3.18 bits per heavy atom. The van der Waals surface area contributed by atoms with E-state index in [9.17, 15) is 4.79 Å². The van der Waals surface area contributed by atoms with Crippen LogP contribution in [0.2, 0.25) is 0 Å². The van der Waals surface area contributed by atoms with E-state index in [1.165, 1.54) is 0 Å². The number of aromatic amines is 1. The molecule has 0 radical (unpaired) electrons. The Morgan fingerprint density at radius 1 is 1.91 bits per heavy atom. The molecule has 58 valence electrons. The molecule has 11 heavy (non-hydrogen) atoms. The summed E-state index contributed by atoms with van der Waals surface area (Å²) in [7, 11) is 0. The normalized spacial score (nSPS) is 9.45. The van der Waals surface area contributed by atoms with Gasteiger partial charge in [-0.15, -0.1) is 0 Å². The molecule has 0 unspecified atom stereocenters. The summed E-state index contributed by atoms with van der Waals surface area (Å²) in [6.07, 6.45) is 4.87. The number of hydrogen-bond acceptors (Lipinski definition) is 1. The lowest BCUT2D eigenvalue weighted by Gasteiger charge is -1.89. The Balaban J connectivity index is 2.95. The Hall–Kier alpha value is -1.58. The van der Waals surface area contributed by atoms with E-state index in [0.29, 0.717) is 6.54 Å². The van der Waals surface area contributed by atoms with Gasteiger partial charge in [0.25, 0.3) is 0 Å².